The molecule has 0 aliphatic heterocycles. The minimum absolute atomic E-state index is 0.500. The van der Waals surface area contributed by atoms with E-state index < -0.39 is 0 Å². The first kappa shape index (κ1) is 14.6. The maximum absolute atomic E-state index is 4.24. The van der Waals surface area contributed by atoms with E-state index in [1.165, 1.54) is 37.7 Å². The third-order valence-corrected chi connectivity index (χ3v) is 5.01. The van der Waals surface area contributed by atoms with E-state index in [9.17, 15) is 0 Å². The molecular formula is C18H29N. The molecule has 1 heterocycles. The Labute approximate surface area is 118 Å². The van der Waals surface area contributed by atoms with Crippen LogP contribution in [-0.4, -0.2) is 4.98 Å². The normalized spacial score (nSPS) is 26.1. The third kappa shape index (κ3) is 4.06. The molecule has 2 rings (SSSR count). The van der Waals surface area contributed by atoms with Gasteiger partial charge in [0.1, 0.15) is 0 Å². The van der Waals surface area contributed by atoms with Crippen molar-refractivity contribution in [2.24, 2.45) is 17.3 Å². The molecule has 0 aromatic carbocycles. The van der Waals surface area contributed by atoms with Crippen LogP contribution in [0.1, 0.15) is 71.3 Å². The average Bonchev–Trinajstić information content (AvgIpc) is 2.39. The zero-order chi connectivity index (χ0) is 13.9. The molecule has 0 saturated heterocycles. The molecule has 19 heavy (non-hydrogen) atoms. The highest BCUT2D eigenvalue weighted by atomic mass is 14.6. The van der Waals surface area contributed by atoms with Gasteiger partial charge < -0.3 is 0 Å². The van der Waals surface area contributed by atoms with Crippen LogP contribution in [-0.2, 0) is 0 Å². The summed E-state index contributed by atoms with van der Waals surface area (Å²) in [5.74, 6) is 2.51. The fourth-order valence-electron chi connectivity index (χ4n) is 3.57. The van der Waals surface area contributed by atoms with Crippen molar-refractivity contribution >= 4 is 0 Å². The zero-order valence-corrected chi connectivity index (χ0v) is 13.0. The number of aromatic nitrogens is 1. The van der Waals surface area contributed by atoms with Crippen LogP contribution in [0.2, 0.25) is 0 Å². The van der Waals surface area contributed by atoms with Crippen LogP contribution in [0.25, 0.3) is 0 Å². The maximum Gasteiger partial charge on any atom is 0.0302 e. The van der Waals surface area contributed by atoms with Crippen molar-refractivity contribution in [2.75, 3.05) is 0 Å². The Hall–Kier alpha value is -0.850. The Morgan fingerprint density at radius 2 is 1.89 bits per heavy atom. The van der Waals surface area contributed by atoms with Crippen molar-refractivity contribution in [1.29, 1.82) is 0 Å². The highest BCUT2D eigenvalue weighted by Gasteiger charge is 2.30. The minimum Gasteiger partial charge on any atom is -0.264 e. The Morgan fingerprint density at radius 3 is 2.42 bits per heavy atom. The quantitative estimate of drug-likeness (QED) is 0.705. The lowest BCUT2D eigenvalue weighted by Crippen LogP contribution is -2.26. The van der Waals surface area contributed by atoms with Crippen molar-refractivity contribution in [3.8, 4) is 0 Å². The van der Waals surface area contributed by atoms with Crippen LogP contribution in [0.15, 0.2) is 24.5 Å². The highest BCUT2D eigenvalue weighted by molar-refractivity contribution is 5.13. The van der Waals surface area contributed by atoms with Gasteiger partial charge in [0.05, 0.1) is 0 Å². The van der Waals surface area contributed by atoms with Crippen LogP contribution in [0.5, 0.6) is 0 Å². The third-order valence-electron chi connectivity index (χ3n) is 5.01. The number of rotatable bonds is 3. The number of nitrogens with zero attached hydrogens (tertiary/aromatic N) is 1. The second kappa shape index (κ2) is 6.07. The lowest BCUT2D eigenvalue weighted by Gasteiger charge is -2.37. The fourth-order valence-corrected chi connectivity index (χ4v) is 3.57. The van der Waals surface area contributed by atoms with Gasteiger partial charge in [-0.05, 0) is 54.1 Å². The van der Waals surface area contributed by atoms with E-state index in [0.717, 1.165) is 11.8 Å². The van der Waals surface area contributed by atoms with Crippen LogP contribution >= 0.6 is 0 Å². The molecule has 1 saturated carbocycles. The van der Waals surface area contributed by atoms with Crippen molar-refractivity contribution in [2.45, 2.75) is 65.7 Å². The average molecular weight is 259 g/mol. The predicted molar refractivity (Wildman–Crippen MR) is 82.2 cm³/mol. The molecule has 1 atom stereocenters. The Bertz CT molecular complexity index is 368. The van der Waals surface area contributed by atoms with Gasteiger partial charge in [-0.3, -0.25) is 4.98 Å². The summed E-state index contributed by atoms with van der Waals surface area (Å²) in [6, 6.07) is 4.28. The van der Waals surface area contributed by atoms with E-state index in [0.29, 0.717) is 11.3 Å². The van der Waals surface area contributed by atoms with Crippen LogP contribution in [0.3, 0.4) is 0 Å². The van der Waals surface area contributed by atoms with Gasteiger partial charge in [-0.1, -0.05) is 46.6 Å². The molecule has 1 nitrogen and oxygen atoms in total. The van der Waals surface area contributed by atoms with Crippen molar-refractivity contribution in [1.82, 2.24) is 4.98 Å². The van der Waals surface area contributed by atoms with Crippen molar-refractivity contribution in [3.63, 3.8) is 0 Å². The summed E-state index contributed by atoms with van der Waals surface area (Å²) >= 11 is 0. The smallest absolute Gasteiger partial charge is 0.0302 e. The fraction of sp³-hybridized carbons (Fsp3) is 0.722. The summed E-state index contributed by atoms with van der Waals surface area (Å²) in [5, 5.41) is 0. The van der Waals surface area contributed by atoms with Gasteiger partial charge in [0.25, 0.3) is 0 Å². The molecule has 1 heteroatoms. The van der Waals surface area contributed by atoms with E-state index in [1.807, 2.05) is 12.4 Å². The van der Waals surface area contributed by atoms with Gasteiger partial charge in [0.15, 0.2) is 0 Å². The van der Waals surface area contributed by atoms with Crippen LogP contribution in [0.4, 0.5) is 0 Å². The van der Waals surface area contributed by atoms with Crippen molar-refractivity contribution in [3.05, 3.63) is 30.1 Å². The molecule has 0 N–H and O–H groups in total. The van der Waals surface area contributed by atoms with Gasteiger partial charge >= 0.3 is 0 Å². The molecule has 1 fully saturated rings. The first-order chi connectivity index (χ1) is 8.97. The molecule has 1 aliphatic rings. The Kier molecular flexibility index (Phi) is 4.65. The molecular weight excluding hydrogens is 230 g/mol. The number of hydrogen-bond acceptors (Lipinski definition) is 1. The van der Waals surface area contributed by atoms with Crippen LogP contribution < -0.4 is 0 Å². The van der Waals surface area contributed by atoms with Gasteiger partial charge in [-0.25, -0.2) is 0 Å². The molecule has 0 amide bonds. The Morgan fingerprint density at radius 1 is 1.21 bits per heavy atom. The topological polar surface area (TPSA) is 12.9 Å². The SMILES string of the molecule is CC(CC1CCC(C(C)(C)C)CC1)c1cccnc1. The summed E-state index contributed by atoms with van der Waals surface area (Å²) in [4.78, 5) is 4.24. The first-order valence-corrected chi connectivity index (χ1v) is 7.86. The first-order valence-electron chi connectivity index (χ1n) is 7.86. The van der Waals surface area contributed by atoms with Crippen molar-refractivity contribution < 1.29 is 0 Å². The molecule has 0 spiro atoms. The summed E-state index contributed by atoms with van der Waals surface area (Å²) in [7, 11) is 0. The monoisotopic (exact) mass is 259 g/mol. The van der Waals surface area contributed by atoms with E-state index in [4.69, 9.17) is 0 Å². The molecule has 0 radical (unpaired) electrons. The number of hydrogen-bond donors (Lipinski definition) is 0. The predicted octanol–water partition coefficient (Wildman–Crippen LogP) is 5.43. The molecule has 1 aromatic rings. The van der Waals surface area contributed by atoms with E-state index in [1.54, 1.807) is 0 Å². The largest absolute Gasteiger partial charge is 0.264 e. The molecule has 1 aromatic heterocycles. The Balaban J connectivity index is 1.83. The second-order valence-corrected chi connectivity index (χ2v) is 7.51. The summed E-state index contributed by atoms with van der Waals surface area (Å²) in [6.07, 6.45) is 10.9. The lowest BCUT2D eigenvalue weighted by atomic mass is 9.68. The van der Waals surface area contributed by atoms with E-state index in [2.05, 4.69) is 44.8 Å². The summed E-state index contributed by atoms with van der Waals surface area (Å²) in [5.41, 5.74) is 1.90. The minimum atomic E-state index is 0.500. The second-order valence-electron chi connectivity index (χ2n) is 7.51. The standard InChI is InChI=1S/C18H29N/c1-14(16-6-5-11-19-13-16)12-15-7-9-17(10-8-15)18(2,3)4/h5-6,11,13-15,17H,7-10,12H2,1-4H3. The molecule has 0 bridgehead atoms. The summed E-state index contributed by atoms with van der Waals surface area (Å²) < 4.78 is 0. The van der Waals surface area contributed by atoms with E-state index >= 15 is 0 Å². The highest BCUT2D eigenvalue weighted by Crippen LogP contribution is 2.42. The maximum atomic E-state index is 4.24. The van der Waals surface area contributed by atoms with Gasteiger partial charge in [-0.15, -0.1) is 0 Å². The lowest BCUT2D eigenvalue weighted by molar-refractivity contribution is 0.144. The number of pyridine rings is 1. The van der Waals surface area contributed by atoms with Gasteiger partial charge in [0.2, 0.25) is 0 Å². The molecule has 106 valence electrons. The molecule has 1 unspecified atom stereocenters. The summed E-state index contributed by atoms with van der Waals surface area (Å²) in [6.45, 7) is 9.55. The van der Waals surface area contributed by atoms with Crippen LogP contribution in [0, 0.1) is 17.3 Å². The van der Waals surface area contributed by atoms with E-state index in [-0.39, 0.29) is 0 Å². The van der Waals surface area contributed by atoms with Gasteiger partial charge in [0, 0.05) is 12.4 Å². The molecule has 1 aliphatic carbocycles. The zero-order valence-electron chi connectivity index (χ0n) is 13.0. The van der Waals surface area contributed by atoms with Gasteiger partial charge in [-0.2, -0.15) is 0 Å².